The van der Waals surface area contributed by atoms with Crippen LogP contribution < -0.4 is 0 Å². The minimum Gasteiger partial charge on any atom is -0.300 e. The Morgan fingerprint density at radius 3 is 2.29 bits per heavy atom. The molecule has 0 aromatic heterocycles. The van der Waals surface area contributed by atoms with Crippen LogP contribution in [0.5, 0.6) is 0 Å². The summed E-state index contributed by atoms with van der Waals surface area (Å²) < 4.78 is 0. The normalized spacial score (nSPS) is 40.3. The molecule has 0 aromatic carbocycles. The highest BCUT2D eigenvalue weighted by Gasteiger charge is 2.28. The van der Waals surface area contributed by atoms with Crippen molar-refractivity contribution < 1.29 is 0 Å². The fourth-order valence-corrected chi connectivity index (χ4v) is 3.22. The minimum atomic E-state index is 0.947. The van der Waals surface area contributed by atoms with Gasteiger partial charge in [0.25, 0.3) is 0 Å². The fraction of sp³-hybridized carbons (Fsp3) is 1.00. The Labute approximate surface area is 88.9 Å². The van der Waals surface area contributed by atoms with E-state index in [0.717, 1.165) is 17.9 Å². The van der Waals surface area contributed by atoms with Crippen molar-refractivity contribution in [2.24, 2.45) is 11.8 Å². The molecule has 1 saturated carbocycles. The lowest BCUT2D eigenvalue weighted by atomic mass is 9.84. The summed E-state index contributed by atoms with van der Waals surface area (Å²) in [7, 11) is 0. The van der Waals surface area contributed by atoms with Crippen molar-refractivity contribution >= 4 is 0 Å². The monoisotopic (exact) mass is 195 g/mol. The summed E-state index contributed by atoms with van der Waals surface area (Å²) in [5.74, 6) is 2.00. The van der Waals surface area contributed by atoms with E-state index < -0.39 is 0 Å². The predicted molar refractivity (Wildman–Crippen MR) is 61.4 cm³/mol. The minimum absolute atomic E-state index is 0.947. The molecule has 1 unspecified atom stereocenters. The van der Waals surface area contributed by atoms with E-state index in [1.54, 1.807) is 0 Å². The Morgan fingerprint density at radius 1 is 1.07 bits per heavy atom. The first-order valence-corrected chi connectivity index (χ1v) is 6.53. The summed E-state index contributed by atoms with van der Waals surface area (Å²) in [5, 5.41) is 0. The van der Waals surface area contributed by atoms with Gasteiger partial charge in [-0.2, -0.15) is 0 Å². The van der Waals surface area contributed by atoms with Crippen molar-refractivity contribution in [3.63, 3.8) is 0 Å². The van der Waals surface area contributed by atoms with Crippen LogP contribution in [-0.4, -0.2) is 24.0 Å². The molecule has 82 valence electrons. The molecule has 2 rings (SSSR count). The molecule has 0 radical (unpaired) electrons. The number of rotatable bonds is 2. The second kappa shape index (κ2) is 4.65. The van der Waals surface area contributed by atoms with Crippen molar-refractivity contribution in [3.05, 3.63) is 0 Å². The lowest BCUT2D eigenvalue weighted by molar-refractivity contribution is 0.159. The summed E-state index contributed by atoms with van der Waals surface area (Å²) in [6, 6.07) is 0.947. The Morgan fingerprint density at radius 2 is 1.79 bits per heavy atom. The summed E-state index contributed by atoms with van der Waals surface area (Å²) in [6.07, 6.45) is 8.78. The molecule has 1 heterocycles. The highest BCUT2D eigenvalue weighted by atomic mass is 15.2. The van der Waals surface area contributed by atoms with Crippen molar-refractivity contribution in [3.8, 4) is 0 Å². The number of nitrogens with zero attached hydrogens (tertiary/aromatic N) is 1. The maximum atomic E-state index is 2.76. The molecule has 2 aliphatic rings. The summed E-state index contributed by atoms with van der Waals surface area (Å²) in [5.41, 5.74) is 0. The number of hydrogen-bond donors (Lipinski definition) is 0. The number of likely N-dealkylation sites (tertiary alicyclic amines) is 1. The molecule has 1 aliphatic heterocycles. The Balaban J connectivity index is 1.78. The van der Waals surface area contributed by atoms with Crippen molar-refractivity contribution in [2.45, 2.75) is 58.4 Å². The van der Waals surface area contributed by atoms with E-state index >= 15 is 0 Å². The molecule has 1 heteroatoms. The molecule has 2 fully saturated rings. The van der Waals surface area contributed by atoms with Gasteiger partial charge in [-0.25, -0.2) is 0 Å². The van der Waals surface area contributed by atoms with Crippen LogP contribution in [0.15, 0.2) is 0 Å². The van der Waals surface area contributed by atoms with Gasteiger partial charge in [0.1, 0.15) is 0 Å². The van der Waals surface area contributed by atoms with Crippen molar-refractivity contribution in [1.29, 1.82) is 0 Å². The smallest absolute Gasteiger partial charge is 0.00955 e. The zero-order valence-corrected chi connectivity index (χ0v) is 9.84. The van der Waals surface area contributed by atoms with Crippen LogP contribution in [-0.2, 0) is 0 Å². The summed E-state index contributed by atoms with van der Waals surface area (Å²) in [4.78, 5) is 2.76. The van der Waals surface area contributed by atoms with E-state index in [9.17, 15) is 0 Å². The van der Waals surface area contributed by atoms with E-state index in [1.165, 1.54) is 51.6 Å². The van der Waals surface area contributed by atoms with Gasteiger partial charge in [0.2, 0.25) is 0 Å². The maximum Gasteiger partial charge on any atom is 0.00955 e. The average molecular weight is 195 g/mol. The summed E-state index contributed by atoms with van der Waals surface area (Å²) in [6.45, 7) is 7.50. The molecule has 0 N–H and O–H groups in total. The SMILES string of the molecule is CCC1CCC(N2CCC(C)C2)CC1. The molecule has 0 amide bonds. The van der Waals surface area contributed by atoms with Crippen LogP contribution in [0.25, 0.3) is 0 Å². The summed E-state index contributed by atoms with van der Waals surface area (Å²) >= 11 is 0. The van der Waals surface area contributed by atoms with E-state index in [4.69, 9.17) is 0 Å². The van der Waals surface area contributed by atoms with E-state index in [1.807, 2.05) is 0 Å². The molecule has 0 spiro atoms. The molecule has 0 aromatic rings. The fourth-order valence-electron chi connectivity index (χ4n) is 3.22. The van der Waals surface area contributed by atoms with Crippen LogP contribution in [0, 0.1) is 11.8 Å². The van der Waals surface area contributed by atoms with Gasteiger partial charge in [0.15, 0.2) is 0 Å². The van der Waals surface area contributed by atoms with Gasteiger partial charge in [0.05, 0.1) is 0 Å². The lowest BCUT2D eigenvalue weighted by Crippen LogP contribution is -2.36. The third-order valence-corrected chi connectivity index (χ3v) is 4.37. The standard InChI is InChI=1S/C13H25N/c1-3-12-4-6-13(7-5-12)14-9-8-11(2)10-14/h11-13H,3-10H2,1-2H3. The van der Waals surface area contributed by atoms with Gasteiger partial charge < -0.3 is 4.90 Å². The molecule has 1 aliphatic carbocycles. The van der Waals surface area contributed by atoms with Gasteiger partial charge in [-0.3, -0.25) is 0 Å². The van der Waals surface area contributed by atoms with Crippen LogP contribution in [0.1, 0.15) is 52.4 Å². The maximum absolute atomic E-state index is 2.76. The third kappa shape index (κ3) is 2.31. The van der Waals surface area contributed by atoms with Gasteiger partial charge in [-0.05, 0) is 50.5 Å². The largest absolute Gasteiger partial charge is 0.300 e. The highest BCUT2D eigenvalue weighted by molar-refractivity contribution is 4.83. The topological polar surface area (TPSA) is 3.24 Å². The van der Waals surface area contributed by atoms with E-state index in [-0.39, 0.29) is 0 Å². The van der Waals surface area contributed by atoms with Gasteiger partial charge in [-0.15, -0.1) is 0 Å². The van der Waals surface area contributed by atoms with Crippen LogP contribution >= 0.6 is 0 Å². The Kier molecular flexibility index (Phi) is 3.48. The van der Waals surface area contributed by atoms with Crippen molar-refractivity contribution in [2.75, 3.05) is 13.1 Å². The Bertz CT molecular complexity index is 170. The molecule has 14 heavy (non-hydrogen) atoms. The second-order valence-corrected chi connectivity index (χ2v) is 5.47. The third-order valence-electron chi connectivity index (χ3n) is 4.37. The molecular weight excluding hydrogens is 170 g/mol. The molecule has 1 atom stereocenters. The number of hydrogen-bond acceptors (Lipinski definition) is 1. The first-order valence-electron chi connectivity index (χ1n) is 6.53. The van der Waals surface area contributed by atoms with Gasteiger partial charge in [0, 0.05) is 12.6 Å². The first kappa shape index (κ1) is 10.5. The van der Waals surface area contributed by atoms with Gasteiger partial charge >= 0.3 is 0 Å². The van der Waals surface area contributed by atoms with E-state index in [0.29, 0.717) is 0 Å². The second-order valence-electron chi connectivity index (χ2n) is 5.47. The van der Waals surface area contributed by atoms with Crippen LogP contribution in [0.4, 0.5) is 0 Å². The zero-order chi connectivity index (χ0) is 9.97. The zero-order valence-electron chi connectivity index (χ0n) is 9.84. The predicted octanol–water partition coefficient (Wildman–Crippen LogP) is 3.30. The first-order chi connectivity index (χ1) is 6.79. The average Bonchev–Trinajstić information content (AvgIpc) is 2.65. The van der Waals surface area contributed by atoms with Crippen LogP contribution in [0.2, 0.25) is 0 Å². The molecule has 0 bridgehead atoms. The molecule has 1 nitrogen and oxygen atoms in total. The highest BCUT2D eigenvalue weighted by Crippen LogP contribution is 2.31. The van der Waals surface area contributed by atoms with Gasteiger partial charge in [-0.1, -0.05) is 20.3 Å². The van der Waals surface area contributed by atoms with E-state index in [2.05, 4.69) is 18.7 Å². The van der Waals surface area contributed by atoms with Crippen molar-refractivity contribution in [1.82, 2.24) is 4.90 Å². The van der Waals surface area contributed by atoms with Crippen LogP contribution in [0.3, 0.4) is 0 Å². The molecule has 1 saturated heterocycles. The molecular formula is C13H25N. The Hall–Kier alpha value is -0.0400. The lowest BCUT2D eigenvalue weighted by Gasteiger charge is -2.34. The quantitative estimate of drug-likeness (QED) is 0.653.